The zero-order valence-electron chi connectivity index (χ0n) is 18.0. The molecule has 0 spiro atoms. The number of hydrogen-bond acceptors (Lipinski definition) is 7. The Morgan fingerprint density at radius 2 is 1.91 bits per heavy atom. The van der Waals surface area contributed by atoms with E-state index in [1.54, 1.807) is 31.4 Å². The van der Waals surface area contributed by atoms with Crippen LogP contribution in [-0.2, 0) is 0 Å². The number of fused-ring (bicyclic) bond motifs is 1. The van der Waals surface area contributed by atoms with Crippen molar-refractivity contribution in [1.82, 2.24) is 14.9 Å². The summed E-state index contributed by atoms with van der Waals surface area (Å²) in [5.74, 6) is 1.39. The summed E-state index contributed by atoms with van der Waals surface area (Å²) in [7, 11) is 1.58. The highest BCUT2D eigenvalue weighted by Crippen LogP contribution is 2.33. The van der Waals surface area contributed by atoms with Gasteiger partial charge in [-0.05, 0) is 61.0 Å². The Kier molecular flexibility index (Phi) is 6.72. The summed E-state index contributed by atoms with van der Waals surface area (Å²) in [5.41, 5.74) is 2.07. The van der Waals surface area contributed by atoms with Crippen LogP contribution in [0.1, 0.15) is 13.3 Å². The minimum absolute atomic E-state index is 0.149. The normalized spacial score (nSPS) is 11.1. The zero-order valence-corrected chi connectivity index (χ0v) is 18.8. The van der Waals surface area contributed by atoms with Gasteiger partial charge in [0.15, 0.2) is 11.5 Å². The van der Waals surface area contributed by atoms with Crippen LogP contribution in [0.2, 0.25) is 0 Å². The molecule has 2 N–H and O–H groups in total. The molecule has 4 aromatic rings. The predicted molar refractivity (Wildman–Crippen MR) is 128 cm³/mol. The first-order chi connectivity index (χ1) is 15.6. The maximum Gasteiger partial charge on any atom is 0.275 e. The predicted octanol–water partition coefficient (Wildman–Crippen LogP) is 4.21. The van der Waals surface area contributed by atoms with E-state index < -0.39 is 0 Å². The number of ether oxygens (including phenoxy) is 2. The number of phenolic OH excluding ortho intramolecular Hbond substituents is 1. The summed E-state index contributed by atoms with van der Waals surface area (Å²) in [6, 6.07) is 14.2. The monoisotopic (exact) mass is 451 g/mol. The average molecular weight is 452 g/mol. The van der Waals surface area contributed by atoms with Gasteiger partial charge in [-0.15, -0.1) is 11.3 Å². The molecule has 0 fully saturated rings. The fraction of sp³-hybridized carbons (Fsp3) is 0.250. The van der Waals surface area contributed by atoms with Gasteiger partial charge in [-0.2, -0.15) is 0 Å². The zero-order chi connectivity index (χ0) is 22.5. The largest absolute Gasteiger partial charge is 0.508 e. The Hall–Kier alpha value is -3.36. The topological polar surface area (TPSA) is 85.6 Å². The van der Waals surface area contributed by atoms with Crippen LogP contribution in [0.25, 0.3) is 26.3 Å². The van der Waals surface area contributed by atoms with E-state index in [1.807, 2.05) is 24.3 Å². The fourth-order valence-electron chi connectivity index (χ4n) is 3.32. The van der Waals surface area contributed by atoms with Gasteiger partial charge < -0.3 is 19.9 Å². The molecule has 0 amide bonds. The van der Waals surface area contributed by atoms with Crippen molar-refractivity contribution in [3.8, 4) is 33.4 Å². The van der Waals surface area contributed by atoms with Crippen LogP contribution in [0.15, 0.2) is 59.7 Å². The van der Waals surface area contributed by atoms with E-state index in [2.05, 4.69) is 17.2 Å². The van der Waals surface area contributed by atoms with Crippen LogP contribution in [-0.4, -0.2) is 41.5 Å². The highest BCUT2D eigenvalue weighted by molar-refractivity contribution is 7.22. The second-order valence-corrected chi connectivity index (χ2v) is 8.28. The first-order valence-corrected chi connectivity index (χ1v) is 11.2. The third-order valence-corrected chi connectivity index (χ3v) is 6.14. The number of phenols is 1. The number of methoxy groups -OCH3 is 1. The Morgan fingerprint density at radius 1 is 1.09 bits per heavy atom. The van der Waals surface area contributed by atoms with E-state index in [9.17, 15) is 9.90 Å². The Labute approximate surface area is 189 Å². The molecule has 32 heavy (non-hydrogen) atoms. The lowest BCUT2D eigenvalue weighted by Crippen LogP contribution is -2.21. The average Bonchev–Trinajstić information content (AvgIpc) is 3.25. The molecule has 0 saturated heterocycles. The highest BCUT2D eigenvalue weighted by Gasteiger charge is 2.13. The van der Waals surface area contributed by atoms with Gasteiger partial charge in [-0.1, -0.05) is 6.92 Å². The van der Waals surface area contributed by atoms with E-state index in [-0.39, 0.29) is 11.3 Å². The number of thiophene rings is 1. The number of rotatable bonds is 9. The second kappa shape index (κ2) is 9.84. The maximum absolute atomic E-state index is 13.2. The summed E-state index contributed by atoms with van der Waals surface area (Å²) in [6.07, 6.45) is 2.60. The van der Waals surface area contributed by atoms with Crippen LogP contribution in [0.4, 0.5) is 0 Å². The molecule has 2 heterocycles. The molecule has 0 aliphatic rings. The van der Waals surface area contributed by atoms with Crippen LogP contribution in [0.3, 0.4) is 0 Å². The molecule has 4 rings (SSSR count). The highest BCUT2D eigenvalue weighted by atomic mass is 32.1. The van der Waals surface area contributed by atoms with Crippen molar-refractivity contribution in [2.75, 3.05) is 26.8 Å². The molecule has 0 atom stereocenters. The van der Waals surface area contributed by atoms with E-state index in [4.69, 9.17) is 9.47 Å². The Morgan fingerprint density at radius 3 is 2.66 bits per heavy atom. The van der Waals surface area contributed by atoms with Crippen LogP contribution >= 0.6 is 11.3 Å². The van der Waals surface area contributed by atoms with E-state index >= 15 is 0 Å². The number of hydrogen-bond donors (Lipinski definition) is 2. The Balaban J connectivity index is 1.62. The number of nitrogens with zero attached hydrogens (tertiary/aromatic N) is 2. The van der Waals surface area contributed by atoms with Gasteiger partial charge in [-0.3, -0.25) is 9.36 Å². The van der Waals surface area contributed by atoms with Gasteiger partial charge in [0.05, 0.1) is 18.3 Å². The summed E-state index contributed by atoms with van der Waals surface area (Å²) < 4.78 is 13.4. The van der Waals surface area contributed by atoms with Crippen LogP contribution in [0.5, 0.6) is 17.2 Å². The minimum Gasteiger partial charge on any atom is -0.508 e. The van der Waals surface area contributed by atoms with E-state index in [0.29, 0.717) is 34.0 Å². The molecule has 7 nitrogen and oxygen atoms in total. The van der Waals surface area contributed by atoms with Gasteiger partial charge in [-0.25, -0.2) is 4.98 Å². The molecule has 2 aromatic carbocycles. The van der Waals surface area contributed by atoms with Crippen molar-refractivity contribution in [2.45, 2.75) is 13.3 Å². The molecule has 0 saturated carbocycles. The summed E-state index contributed by atoms with van der Waals surface area (Å²) in [5, 5.41) is 12.8. The molecule has 0 aliphatic carbocycles. The standard InChI is InChI=1S/C24H25N3O4S/c1-3-10-25-11-12-31-20-9-6-17(13-21(20)30-2)27-15-26-19-14-22(32-23(19)24(27)29)16-4-7-18(28)8-5-16/h4-9,13-15,25,28H,3,10-12H2,1-2H3. The molecule has 2 aromatic heterocycles. The van der Waals surface area contributed by atoms with Crippen molar-refractivity contribution in [1.29, 1.82) is 0 Å². The van der Waals surface area contributed by atoms with Crippen LogP contribution < -0.4 is 20.3 Å². The first-order valence-electron chi connectivity index (χ1n) is 10.4. The summed E-state index contributed by atoms with van der Waals surface area (Å²) in [6.45, 7) is 4.35. The van der Waals surface area contributed by atoms with Gasteiger partial charge in [0, 0.05) is 17.5 Å². The summed E-state index contributed by atoms with van der Waals surface area (Å²) in [4.78, 5) is 18.6. The fourth-order valence-corrected chi connectivity index (χ4v) is 4.37. The maximum atomic E-state index is 13.2. The second-order valence-electron chi connectivity index (χ2n) is 7.23. The number of benzene rings is 2. The van der Waals surface area contributed by atoms with E-state index in [0.717, 1.165) is 30.0 Å². The minimum atomic E-state index is -0.149. The van der Waals surface area contributed by atoms with Crippen molar-refractivity contribution >= 4 is 21.6 Å². The molecular formula is C24H25N3O4S. The van der Waals surface area contributed by atoms with Gasteiger partial charge in [0.25, 0.3) is 5.56 Å². The first kappa shape index (κ1) is 21.9. The third-order valence-electron chi connectivity index (χ3n) is 4.98. The molecule has 8 heteroatoms. The van der Waals surface area contributed by atoms with Crippen molar-refractivity contribution in [2.24, 2.45) is 0 Å². The number of nitrogens with one attached hydrogen (secondary N) is 1. The molecular weight excluding hydrogens is 426 g/mol. The molecule has 166 valence electrons. The molecule has 0 radical (unpaired) electrons. The van der Waals surface area contributed by atoms with Gasteiger partial charge in [0.1, 0.15) is 23.4 Å². The lowest BCUT2D eigenvalue weighted by molar-refractivity contribution is 0.292. The van der Waals surface area contributed by atoms with E-state index in [1.165, 1.54) is 22.2 Å². The quantitative estimate of drug-likeness (QED) is 0.371. The SMILES string of the molecule is CCCNCCOc1ccc(-n2cnc3cc(-c4ccc(O)cc4)sc3c2=O)cc1OC. The Bertz CT molecular complexity index is 1260. The van der Waals surface area contributed by atoms with Crippen LogP contribution in [0, 0.1) is 0 Å². The lowest BCUT2D eigenvalue weighted by Gasteiger charge is -2.13. The number of aromatic hydroxyl groups is 1. The van der Waals surface area contributed by atoms with Crippen molar-refractivity contribution in [3.63, 3.8) is 0 Å². The van der Waals surface area contributed by atoms with Crippen molar-refractivity contribution in [3.05, 3.63) is 65.2 Å². The third kappa shape index (κ3) is 4.61. The molecule has 0 aliphatic heterocycles. The molecule has 0 unspecified atom stereocenters. The van der Waals surface area contributed by atoms with Gasteiger partial charge >= 0.3 is 0 Å². The van der Waals surface area contributed by atoms with Gasteiger partial charge in [0.2, 0.25) is 0 Å². The summed E-state index contributed by atoms with van der Waals surface area (Å²) >= 11 is 1.38. The smallest absolute Gasteiger partial charge is 0.275 e. The lowest BCUT2D eigenvalue weighted by atomic mass is 10.2. The van der Waals surface area contributed by atoms with Crippen molar-refractivity contribution < 1.29 is 14.6 Å². The number of aromatic nitrogens is 2. The molecule has 0 bridgehead atoms.